The molecule has 0 N–H and O–H groups in total. The Labute approximate surface area is 359 Å². The van der Waals surface area contributed by atoms with Crippen molar-refractivity contribution in [2.24, 2.45) is 0 Å². The van der Waals surface area contributed by atoms with Gasteiger partial charge in [-0.3, -0.25) is 0 Å². The molecule has 3 heteroatoms. The van der Waals surface area contributed by atoms with E-state index in [2.05, 4.69) is 234 Å². The summed E-state index contributed by atoms with van der Waals surface area (Å²) in [5.41, 5.74) is 13.2. The summed E-state index contributed by atoms with van der Waals surface area (Å²) in [5.74, 6) is 0.358. The lowest BCUT2D eigenvalue weighted by atomic mass is 9.92. The van der Waals surface area contributed by atoms with Crippen LogP contribution >= 0.6 is 11.3 Å². The molecule has 61 heavy (non-hydrogen) atoms. The van der Waals surface area contributed by atoms with Crippen LogP contribution in [0.3, 0.4) is 0 Å². The van der Waals surface area contributed by atoms with Crippen molar-refractivity contribution in [1.29, 1.82) is 0 Å². The highest BCUT2D eigenvalue weighted by Gasteiger charge is 2.21. The minimum atomic E-state index is 0.358. The number of allylic oxidation sites excluding steroid dienone is 4. The van der Waals surface area contributed by atoms with Gasteiger partial charge in [0.2, 0.25) is 0 Å². The number of nitrogens with zero attached hydrogens (tertiary/aromatic N) is 2. The van der Waals surface area contributed by atoms with E-state index in [0.717, 1.165) is 29.2 Å². The third kappa shape index (κ3) is 6.08. The van der Waals surface area contributed by atoms with E-state index in [1.165, 1.54) is 80.6 Å². The Morgan fingerprint density at radius 1 is 0.475 bits per heavy atom. The topological polar surface area (TPSA) is 8.17 Å². The lowest BCUT2D eigenvalue weighted by Gasteiger charge is -2.28. The average molecular weight is 797 g/mol. The van der Waals surface area contributed by atoms with Gasteiger partial charge in [-0.2, -0.15) is 0 Å². The second-order valence-electron chi connectivity index (χ2n) is 16.0. The second kappa shape index (κ2) is 14.7. The summed E-state index contributed by atoms with van der Waals surface area (Å²) in [6.45, 7) is 0. The molecule has 1 unspecified atom stereocenters. The number of thiophene rings is 1. The number of benzene rings is 9. The minimum absolute atomic E-state index is 0.358. The van der Waals surface area contributed by atoms with Crippen LogP contribution < -0.4 is 4.90 Å². The highest BCUT2D eigenvalue weighted by molar-refractivity contribution is 7.26. The normalized spacial score (nSPS) is 13.9. The average Bonchev–Trinajstić information content (AvgIpc) is 3.88. The van der Waals surface area contributed by atoms with Gasteiger partial charge in [-0.25, -0.2) is 0 Å². The van der Waals surface area contributed by atoms with E-state index in [1.807, 2.05) is 11.3 Å². The summed E-state index contributed by atoms with van der Waals surface area (Å²) in [6, 6.07) is 73.9. The smallest absolute Gasteiger partial charge is 0.0547 e. The van der Waals surface area contributed by atoms with E-state index >= 15 is 0 Å². The Bertz CT molecular complexity index is 3510. The van der Waals surface area contributed by atoms with E-state index in [4.69, 9.17) is 0 Å². The van der Waals surface area contributed by atoms with Gasteiger partial charge >= 0.3 is 0 Å². The molecule has 9 aromatic carbocycles. The van der Waals surface area contributed by atoms with Gasteiger partial charge in [0.15, 0.2) is 0 Å². The Balaban J connectivity index is 1.05. The number of para-hydroxylation sites is 1. The van der Waals surface area contributed by atoms with Crippen molar-refractivity contribution in [1.82, 2.24) is 4.57 Å². The summed E-state index contributed by atoms with van der Waals surface area (Å²) in [4.78, 5) is 2.44. The van der Waals surface area contributed by atoms with Crippen LogP contribution in [0.1, 0.15) is 17.9 Å². The van der Waals surface area contributed by atoms with Crippen LogP contribution in [0.2, 0.25) is 0 Å². The molecule has 0 fully saturated rings. The van der Waals surface area contributed by atoms with Crippen molar-refractivity contribution in [2.75, 3.05) is 4.90 Å². The zero-order valence-corrected chi connectivity index (χ0v) is 34.3. The first-order valence-electron chi connectivity index (χ1n) is 21.1. The van der Waals surface area contributed by atoms with Crippen molar-refractivity contribution < 1.29 is 0 Å². The monoisotopic (exact) mass is 796 g/mol. The van der Waals surface area contributed by atoms with E-state index in [9.17, 15) is 0 Å². The molecular weight excluding hydrogens is 757 g/mol. The molecule has 0 saturated heterocycles. The molecule has 0 aliphatic heterocycles. The SMILES string of the molecule is C1=CCC(c2cccc(N(c3ccc(-c4cc(-n5c6ccccc6c6ccc(-c7ccccc7)cc65)cc5c4sc4ccccc45)cc3)c3cccc4ccccc34)c2)C=C1. The molecular formula is C58H40N2S. The van der Waals surface area contributed by atoms with Crippen LogP contribution in [-0.4, -0.2) is 4.57 Å². The van der Waals surface area contributed by atoms with Crippen molar-refractivity contribution in [3.63, 3.8) is 0 Å². The second-order valence-corrected chi connectivity index (χ2v) is 17.1. The van der Waals surface area contributed by atoms with Crippen molar-refractivity contribution in [3.8, 4) is 27.9 Å². The fourth-order valence-electron chi connectivity index (χ4n) is 9.56. The van der Waals surface area contributed by atoms with Crippen LogP contribution in [0, 0.1) is 0 Å². The van der Waals surface area contributed by atoms with Gasteiger partial charge in [-0.05, 0) is 94.7 Å². The molecule has 2 nitrogen and oxygen atoms in total. The van der Waals surface area contributed by atoms with Crippen molar-refractivity contribution >= 4 is 81.1 Å². The van der Waals surface area contributed by atoms with Gasteiger partial charge in [-0.15, -0.1) is 11.3 Å². The molecule has 1 atom stereocenters. The van der Waals surface area contributed by atoms with Crippen LogP contribution in [0.15, 0.2) is 224 Å². The summed E-state index contributed by atoms with van der Waals surface area (Å²) in [5, 5.41) is 7.53. The van der Waals surface area contributed by atoms with E-state index in [0.29, 0.717) is 5.92 Å². The van der Waals surface area contributed by atoms with Gasteiger partial charge in [-0.1, -0.05) is 164 Å². The Morgan fingerprint density at radius 2 is 1.21 bits per heavy atom. The maximum atomic E-state index is 2.48. The summed E-state index contributed by atoms with van der Waals surface area (Å²) in [6.07, 6.45) is 9.92. The molecule has 2 aromatic heterocycles. The molecule has 0 radical (unpaired) electrons. The number of hydrogen-bond donors (Lipinski definition) is 0. The Kier molecular flexibility index (Phi) is 8.53. The third-order valence-corrected chi connectivity index (χ3v) is 13.7. The highest BCUT2D eigenvalue weighted by Crippen LogP contribution is 2.45. The molecule has 288 valence electrons. The zero-order valence-electron chi connectivity index (χ0n) is 33.4. The Hall–Kier alpha value is -7.46. The first-order valence-corrected chi connectivity index (χ1v) is 21.9. The van der Waals surface area contributed by atoms with E-state index in [-0.39, 0.29) is 0 Å². The van der Waals surface area contributed by atoms with Crippen LogP contribution in [0.25, 0.3) is 80.7 Å². The number of hydrogen-bond acceptors (Lipinski definition) is 2. The fraction of sp³-hybridized carbons (Fsp3) is 0.0345. The molecule has 0 spiro atoms. The van der Waals surface area contributed by atoms with E-state index in [1.54, 1.807) is 0 Å². The standard InChI is InChI=1S/C58H40N2S/c1-3-15-39(16-4-1)43-21-13-22-46(35-43)59(54-27-14-20-41-19-7-8-23-48(41)54)45-32-29-42(30-33-45)52-37-47(38-53-51-25-10-12-28-57(51)61-58(52)53)60-55-26-11-9-24-49(55)50-34-31-44(36-56(50)60)40-17-5-2-6-18-40/h1-15,17-39H,16H2. The quantitative estimate of drug-likeness (QED) is 0.156. The fourth-order valence-corrected chi connectivity index (χ4v) is 10.8. The maximum absolute atomic E-state index is 2.48. The first kappa shape index (κ1) is 35.5. The van der Waals surface area contributed by atoms with Crippen molar-refractivity contribution in [2.45, 2.75) is 12.3 Å². The van der Waals surface area contributed by atoms with Crippen LogP contribution in [0.4, 0.5) is 17.1 Å². The summed E-state index contributed by atoms with van der Waals surface area (Å²) in [7, 11) is 0. The Morgan fingerprint density at radius 3 is 2.08 bits per heavy atom. The molecule has 0 bridgehead atoms. The third-order valence-electron chi connectivity index (χ3n) is 12.5. The van der Waals surface area contributed by atoms with Crippen LogP contribution in [0.5, 0.6) is 0 Å². The lowest BCUT2D eigenvalue weighted by Crippen LogP contribution is -2.11. The molecule has 1 aliphatic rings. The van der Waals surface area contributed by atoms with Crippen LogP contribution in [-0.2, 0) is 0 Å². The van der Waals surface area contributed by atoms with E-state index < -0.39 is 0 Å². The predicted molar refractivity (Wildman–Crippen MR) is 262 cm³/mol. The number of rotatable bonds is 7. The molecule has 0 saturated carbocycles. The number of fused-ring (bicyclic) bond motifs is 7. The molecule has 12 rings (SSSR count). The van der Waals surface area contributed by atoms with Crippen molar-refractivity contribution in [3.05, 3.63) is 230 Å². The largest absolute Gasteiger partial charge is 0.310 e. The van der Waals surface area contributed by atoms with Gasteiger partial charge in [0.25, 0.3) is 0 Å². The predicted octanol–water partition coefficient (Wildman–Crippen LogP) is 16.7. The highest BCUT2D eigenvalue weighted by atomic mass is 32.1. The number of anilines is 3. The number of aromatic nitrogens is 1. The minimum Gasteiger partial charge on any atom is -0.310 e. The van der Waals surface area contributed by atoms with Gasteiger partial charge < -0.3 is 9.47 Å². The summed E-state index contributed by atoms with van der Waals surface area (Å²) < 4.78 is 5.08. The van der Waals surface area contributed by atoms with Gasteiger partial charge in [0.1, 0.15) is 0 Å². The molecule has 1 aliphatic carbocycles. The lowest BCUT2D eigenvalue weighted by molar-refractivity contribution is 0.853. The first-order chi connectivity index (χ1) is 30.2. The molecule has 0 amide bonds. The van der Waals surface area contributed by atoms with Gasteiger partial charge in [0, 0.05) is 64.9 Å². The molecule has 11 aromatic rings. The summed E-state index contributed by atoms with van der Waals surface area (Å²) >= 11 is 1.89. The van der Waals surface area contributed by atoms with Gasteiger partial charge in [0.05, 0.1) is 16.7 Å². The maximum Gasteiger partial charge on any atom is 0.0547 e. The molecule has 2 heterocycles. The zero-order chi connectivity index (χ0) is 40.3.